The highest BCUT2D eigenvalue weighted by molar-refractivity contribution is 5.95. The molecule has 2 saturated heterocycles. The number of likely N-dealkylation sites (tertiary alicyclic amines) is 1. The molecule has 2 fully saturated rings. The summed E-state index contributed by atoms with van der Waals surface area (Å²) in [6.45, 7) is 2.87. The lowest BCUT2D eigenvalue weighted by Crippen LogP contribution is -2.42. The first-order valence-corrected chi connectivity index (χ1v) is 8.06. The predicted octanol–water partition coefficient (Wildman–Crippen LogP) is 0.592. The van der Waals surface area contributed by atoms with Crippen molar-refractivity contribution >= 4 is 17.8 Å². The van der Waals surface area contributed by atoms with E-state index in [0.29, 0.717) is 30.3 Å². The SMILES string of the molecule is Cc1nc(N(C)C)ncc1C(=O)N1C[C@H]2CCC[C@H](C1)C(=O)N2. The normalized spacial score (nSPS) is 24.0. The highest BCUT2D eigenvalue weighted by Crippen LogP contribution is 2.23. The smallest absolute Gasteiger partial charge is 0.257 e. The van der Waals surface area contributed by atoms with Crippen molar-refractivity contribution in [3.63, 3.8) is 0 Å². The topological polar surface area (TPSA) is 78.4 Å². The maximum Gasteiger partial charge on any atom is 0.257 e. The minimum atomic E-state index is -0.103. The number of hydrogen-bond donors (Lipinski definition) is 1. The third-order valence-electron chi connectivity index (χ3n) is 4.59. The van der Waals surface area contributed by atoms with Crippen LogP contribution in [-0.2, 0) is 4.79 Å². The van der Waals surface area contributed by atoms with Gasteiger partial charge in [-0.2, -0.15) is 0 Å². The number of nitrogens with one attached hydrogen (secondary N) is 1. The minimum absolute atomic E-state index is 0.0567. The Labute approximate surface area is 136 Å². The zero-order valence-corrected chi connectivity index (χ0v) is 13.9. The molecule has 0 unspecified atom stereocenters. The van der Waals surface area contributed by atoms with Crippen LogP contribution < -0.4 is 10.2 Å². The van der Waals surface area contributed by atoms with Gasteiger partial charge in [0.15, 0.2) is 0 Å². The van der Waals surface area contributed by atoms with Gasteiger partial charge in [-0.25, -0.2) is 9.97 Å². The molecule has 2 atom stereocenters. The lowest BCUT2D eigenvalue weighted by atomic mass is 9.99. The van der Waals surface area contributed by atoms with Gasteiger partial charge in [0.25, 0.3) is 5.91 Å². The zero-order valence-electron chi connectivity index (χ0n) is 13.9. The number of carbonyl (C=O) groups is 2. The number of nitrogens with zero attached hydrogens (tertiary/aromatic N) is 4. The average Bonchev–Trinajstić information content (AvgIpc) is 2.74. The molecule has 3 rings (SSSR count). The highest BCUT2D eigenvalue weighted by atomic mass is 16.2. The summed E-state index contributed by atoms with van der Waals surface area (Å²) in [7, 11) is 3.73. The number of aryl methyl sites for hydroxylation is 1. The molecular formula is C16H23N5O2. The number of carbonyl (C=O) groups excluding carboxylic acids is 2. The van der Waals surface area contributed by atoms with E-state index in [2.05, 4.69) is 15.3 Å². The number of hydrogen-bond acceptors (Lipinski definition) is 5. The molecule has 2 aliphatic rings. The fourth-order valence-electron chi connectivity index (χ4n) is 3.27. The van der Waals surface area contributed by atoms with Gasteiger partial charge in [-0.05, 0) is 19.8 Å². The van der Waals surface area contributed by atoms with E-state index < -0.39 is 0 Å². The highest BCUT2D eigenvalue weighted by Gasteiger charge is 2.35. The summed E-state index contributed by atoms with van der Waals surface area (Å²) >= 11 is 0. The fraction of sp³-hybridized carbons (Fsp3) is 0.625. The van der Waals surface area contributed by atoms with Crippen molar-refractivity contribution in [1.82, 2.24) is 20.2 Å². The maximum atomic E-state index is 12.9. The second kappa shape index (κ2) is 6.14. The van der Waals surface area contributed by atoms with Crippen LogP contribution in [0.15, 0.2) is 6.20 Å². The van der Waals surface area contributed by atoms with Crippen molar-refractivity contribution in [1.29, 1.82) is 0 Å². The number of fused-ring (bicyclic) bond motifs is 3. The first kappa shape index (κ1) is 15.7. The molecule has 23 heavy (non-hydrogen) atoms. The summed E-state index contributed by atoms with van der Waals surface area (Å²) in [5, 5.41) is 3.05. The Bertz CT molecular complexity index is 631. The van der Waals surface area contributed by atoms with Crippen LogP contribution in [-0.4, -0.2) is 59.9 Å². The van der Waals surface area contributed by atoms with Crippen molar-refractivity contribution in [2.24, 2.45) is 5.92 Å². The summed E-state index contributed by atoms with van der Waals surface area (Å²) < 4.78 is 0. The van der Waals surface area contributed by atoms with Crippen LogP contribution >= 0.6 is 0 Å². The molecular weight excluding hydrogens is 294 g/mol. The Morgan fingerprint density at radius 2 is 2.13 bits per heavy atom. The van der Waals surface area contributed by atoms with E-state index in [-0.39, 0.29) is 23.8 Å². The molecule has 0 radical (unpaired) electrons. The second-order valence-corrected chi connectivity index (χ2v) is 6.61. The van der Waals surface area contributed by atoms with Crippen LogP contribution in [0.3, 0.4) is 0 Å². The third kappa shape index (κ3) is 3.13. The number of amides is 2. The van der Waals surface area contributed by atoms with Crippen LogP contribution in [0, 0.1) is 12.8 Å². The third-order valence-corrected chi connectivity index (χ3v) is 4.59. The molecule has 1 aromatic heterocycles. The van der Waals surface area contributed by atoms with Crippen LogP contribution in [0.2, 0.25) is 0 Å². The Morgan fingerprint density at radius 3 is 2.83 bits per heavy atom. The molecule has 7 heteroatoms. The van der Waals surface area contributed by atoms with Gasteiger partial charge in [-0.1, -0.05) is 6.42 Å². The van der Waals surface area contributed by atoms with Crippen LogP contribution in [0.4, 0.5) is 5.95 Å². The summed E-state index contributed by atoms with van der Waals surface area (Å²) in [4.78, 5) is 37.2. The summed E-state index contributed by atoms with van der Waals surface area (Å²) in [5.41, 5.74) is 1.19. The van der Waals surface area contributed by atoms with Crippen LogP contribution in [0.1, 0.15) is 35.3 Å². The van der Waals surface area contributed by atoms with E-state index >= 15 is 0 Å². The largest absolute Gasteiger partial charge is 0.351 e. The van der Waals surface area contributed by atoms with E-state index in [1.54, 1.807) is 16.0 Å². The number of rotatable bonds is 2. The summed E-state index contributed by atoms with van der Waals surface area (Å²) in [6, 6.07) is 0.0567. The molecule has 0 aliphatic carbocycles. The first-order valence-electron chi connectivity index (χ1n) is 8.06. The molecule has 1 N–H and O–H groups in total. The van der Waals surface area contributed by atoms with Gasteiger partial charge < -0.3 is 15.1 Å². The van der Waals surface area contributed by atoms with Crippen molar-refractivity contribution in [2.45, 2.75) is 32.2 Å². The fourth-order valence-corrected chi connectivity index (χ4v) is 3.27. The van der Waals surface area contributed by atoms with E-state index in [1.807, 2.05) is 21.0 Å². The van der Waals surface area contributed by atoms with Crippen LogP contribution in [0.5, 0.6) is 0 Å². The molecule has 2 amide bonds. The number of anilines is 1. The quantitative estimate of drug-likeness (QED) is 0.864. The van der Waals surface area contributed by atoms with Gasteiger partial charge in [-0.15, -0.1) is 0 Å². The Balaban J connectivity index is 1.84. The number of aromatic nitrogens is 2. The Kier molecular flexibility index (Phi) is 4.19. The average molecular weight is 317 g/mol. The van der Waals surface area contributed by atoms with Gasteiger partial charge in [0.05, 0.1) is 17.2 Å². The van der Waals surface area contributed by atoms with E-state index in [1.165, 1.54) is 0 Å². The standard InChI is InChI=1S/C16H23N5O2/c1-10-13(7-17-16(18-10)20(2)3)15(23)21-8-11-5-4-6-12(9-21)19-14(11)22/h7,11-12H,4-6,8-9H2,1-3H3,(H,19,22)/t11-,12-/m1/s1. The first-order chi connectivity index (χ1) is 11.0. The molecule has 7 nitrogen and oxygen atoms in total. The Hall–Kier alpha value is -2.18. The van der Waals surface area contributed by atoms with Gasteiger partial charge in [0, 0.05) is 39.4 Å². The predicted molar refractivity (Wildman–Crippen MR) is 86.3 cm³/mol. The van der Waals surface area contributed by atoms with Crippen LogP contribution in [0.25, 0.3) is 0 Å². The molecule has 0 spiro atoms. The van der Waals surface area contributed by atoms with Gasteiger partial charge in [0.2, 0.25) is 11.9 Å². The lowest BCUT2D eigenvalue weighted by Gasteiger charge is -2.28. The molecule has 0 aromatic carbocycles. The second-order valence-electron chi connectivity index (χ2n) is 6.61. The zero-order chi connectivity index (χ0) is 16.6. The van der Waals surface area contributed by atoms with Crippen molar-refractivity contribution < 1.29 is 9.59 Å². The molecule has 0 saturated carbocycles. The van der Waals surface area contributed by atoms with Crippen molar-refractivity contribution in [2.75, 3.05) is 32.1 Å². The Morgan fingerprint density at radius 1 is 1.35 bits per heavy atom. The van der Waals surface area contributed by atoms with E-state index in [4.69, 9.17) is 0 Å². The summed E-state index contributed by atoms with van der Waals surface area (Å²) in [6.07, 6.45) is 4.41. The molecule has 2 aliphatic heterocycles. The monoisotopic (exact) mass is 317 g/mol. The molecule has 1 aromatic rings. The molecule has 3 heterocycles. The van der Waals surface area contributed by atoms with E-state index in [0.717, 1.165) is 19.3 Å². The maximum absolute atomic E-state index is 12.9. The van der Waals surface area contributed by atoms with Crippen molar-refractivity contribution in [3.05, 3.63) is 17.5 Å². The molecule has 124 valence electrons. The van der Waals surface area contributed by atoms with Crippen molar-refractivity contribution in [3.8, 4) is 0 Å². The molecule has 2 bridgehead atoms. The van der Waals surface area contributed by atoms with E-state index in [9.17, 15) is 9.59 Å². The lowest BCUT2D eigenvalue weighted by molar-refractivity contribution is -0.124. The van der Waals surface area contributed by atoms with Gasteiger partial charge in [-0.3, -0.25) is 9.59 Å². The minimum Gasteiger partial charge on any atom is -0.351 e. The van der Waals surface area contributed by atoms with Gasteiger partial charge >= 0.3 is 0 Å². The van der Waals surface area contributed by atoms with Gasteiger partial charge in [0.1, 0.15) is 0 Å². The summed E-state index contributed by atoms with van der Waals surface area (Å²) in [5.74, 6) is 0.484.